The molecule has 0 unspecified atom stereocenters. The standard InChI is InChI=1S/C18H18N2/c1-13-7-4-5-10-16(13)18-19-11-12-20(18)17-14(2)8-6-9-15(17)3/h4-12H,1-3H3. The van der Waals surface area contributed by atoms with Gasteiger partial charge in [0.05, 0.1) is 5.69 Å². The van der Waals surface area contributed by atoms with Crippen LogP contribution in [-0.2, 0) is 0 Å². The number of imidazole rings is 1. The Bertz CT molecular complexity index is 733. The normalized spacial score (nSPS) is 10.8. The second-order valence-corrected chi connectivity index (χ2v) is 5.18. The van der Waals surface area contributed by atoms with Crippen LogP contribution in [0.4, 0.5) is 0 Å². The SMILES string of the molecule is Cc1ccccc1-c1nccn1-c1c(C)cccc1C. The van der Waals surface area contributed by atoms with Gasteiger partial charge in [-0.25, -0.2) is 4.98 Å². The molecule has 0 N–H and O–H groups in total. The van der Waals surface area contributed by atoms with Gasteiger partial charge in [-0.2, -0.15) is 0 Å². The zero-order valence-electron chi connectivity index (χ0n) is 12.1. The molecule has 0 aliphatic rings. The monoisotopic (exact) mass is 262 g/mol. The topological polar surface area (TPSA) is 17.8 Å². The molecule has 0 atom stereocenters. The molecule has 100 valence electrons. The van der Waals surface area contributed by atoms with Crippen LogP contribution < -0.4 is 0 Å². The highest BCUT2D eigenvalue weighted by atomic mass is 15.1. The molecule has 1 heterocycles. The van der Waals surface area contributed by atoms with Crippen molar-refractivity contribution in [2.45, 2.75) is 20.8 Å². The molecular weight excluding hydrogens is 244 g/mol. The van der Waals surface area contributed by atoms with Gasteiger partial charge in [-0.3, -0.25) is 4.57 Å². The van der Waals surface area contributed by atoms with Crippen LogP contribution in [0, 0.1) is 20.8 Å². The molecule has 0 aliphatic heterocycles. The van der Waals surface area contributed by atoms with Gasteiger partial charge in [0.25, 0.3) is 0 Å². The van der Waals surface area contributed by atoms with Crippen LogP contribution in [0.1, 0.15) is 16.7 Å². The van der Waals surface area contributed by atoms with Gasteiger partial charge in [0.1, 0.15) is 5.82 Å². The molecule has 0 saturated heterocycles. The third-order valence-corrected chi connectivity index (χ3v) is 3.71. The summed E-state index contributed by atoms with van der Waals surface area (Å²) in [5, 5.41) is 0. The van der Waals surface area contributed by atoms with Crippen molar-refractivity contribution >= 4 is 0 Å². The van der Waals surface area contributed by atoms with E-state index in [-0.39, 0.29) is 0 Å². The van der Waals surface area contributed by atoms with Gasteiger partial charge < -0.3 is 0 Å². The Balaban J connectivity index is 2.24. The van der Waals surface area contributed by atoms with Crippen LogP contribution in [0.15, 0.2) is 54.9 Å². The summed E-state index contributed by atoms with van der Waals surface area (Å²) < 4.78 is 2.19. The number of nitrogens with zero attached hydrogens (tertiary/aromatic N) is 2. The number of rotatable bonds is 2. The number of para-hydroxylation sites is 1. The molecule has 0 bridgehead atoms. The van der Waals surface area contributed by atoms with Crippen molar-refractivity contribution in [2.24, 2.45) is 0 Å². The van der Waals surface area contributed by atoms with Crippen molar-refractivity contribution in [3.8, 4) is 17.1 Å². The van der Waals surface area contributed by atoms with Crippen LogP contribution >= 0.6 is 0 Å². The molecule has 3 aromatic rings. The fourth-order valence-electron chi connectivity index (χ4n) is 2.69. The lowest BCUT2D eigenvalue weighted by molar-refractivity contribution is 1.03. The first-order valence-electron chi connectivity index (χ1n) is 6.84. The predicted molar refractivity (Wildman–Crippen MR) is 83.2 cm³/mol. The summed E-state index contributed by atoms with van der Waals surface area (Å²) in [6.07, 6.45) is 3.91. The second-order valence-electron chi connectivity index (χ2n) is 5.18. The van der Waals surface area contributed by atoms with Gasteiger partial charge in [-0.15, -0.1) is 0 Å². The van der Waals surface area contributed by atoms with Crippen molar-refractivity contribution in [3.63, 3.8) is 0 Å². The Morgan fingerprint density at radius 1 is 0.800 bits per heavy atom. The minimum Gasteiger partial charge on any atom is -0.299 e. The average Bonchev–Trinajstić information content (AvgIpc) is 2.88. The van der Waals surface area contributed by atoms with Gasteiger partial charge in [-0.1, -0.05) is 42.5 Å². The zero-order valence-corrected chi connectivity index (χ0v) is 12.1. The Labute approximate surface area is 119 Å². The highest BCUT2D eigenvalue weighted by molar-refractivity contribution is 5.64. The van der Waals surface area contributed by atoms with E-state index in [4.69, 9.17) is 0 Å². The fraction of sp³-hybridized carbons (Fsp3) is 0.167. The van der Waals surface area contributed by atoms with Crippen LogP contribution in [0.5, 0.6) is 0 Å². The lowest BCUT2D eigenvalue weighted by atomic mass is 10.1. The van der Waals surface area contributed by atoms with E-state index in [9.17, 15) is 0 Å². The van der Waals surface area contributed by atoms with E-state index in [2.05, 4.69) is 72.8 Å². The van der Waals surface area contributed by atoms with Gasteiger partial charge >= 0.3 is 0 Å². The van der Waals surface area contributed by atoms with Crippen LogP contribution in [0.2, 0.25) is 0 Å². The number of aryl methyl sites for hydroxylation is 3. The molecule has 0 spiro atoms. The third kappa shape index (κ3) is 2.03. The maximum absolute atomic E-state index is 4.57. The zero-order chi connectivity index (χ0) is 14.1. The van der Waals surface area contributed by atoms with Gasteiger partial charge in [0.2, 0.25) is 0 Å². The van der Waals surface area contributed by atoms with Crippen molar-refractivity contribution in [3.05, 3.63) is 71.5 Å². The minimum absolute atomic E-state index is 1.00. The minimum atomic E-state index is 1.00. The quantitative estimate of drug-likeness (QED) is 0.666. The van der Waals surface area contributed by atoms with E-state index in [1.807, 2.05) is 12.4 Å². The van der Waals surface area contributed by atoms with Gasteiger partial charge in [0.15, 0.2) is 0 Å². The number of benzene rings is 2. The summed E-state index contributed by atoms with van der Waals surface area (Å²) in [6.45, 7) is 6.41. The second kappa shape index (κ2) is 4.97. The molecule has 0 radical (unpaired) electrons. The largest absolute Gasteiger partial charge is 0.299 e. The average molecular weight is 262 g/mol. The molecule has 0 saturated carbocycles. The Morgan fingerprint density at radius 3 is 2.15 bits per heavy atom. The maximum atomic E-state index is 4.57. The Morgan fingerprint density at radius 2 is 1.45 bits per heavy atom. The third-order valence-electron chi connectivity index (χ3n) is 3.71. The van der Waals surface area contributed by atoms with Crippen molar-refractivity contribution in [1.29, 1.82) is 0 Å². The van der Waals surface area contributed by atoms with Crippen LogP contribution in [-0.4, -0.2) is 9.55 Å². The molecular formula is C18H18N2. The van der Waals surface area contributed by atoms with Crippen molar-refractivity contribution in [1.82, 2.24) is 9.55 Å². The lowest BCUT2D eigenvalue weighted by Gasteiger charge is -2.14. The van der Waals surface area contributed by atoms with Crippen LogP contribution in [0.3, 0.4) is 0 Å². The highest BCUT2D eigenvalue weighted by Crippen LogP contribution is 2.27. The predicted octanol–water partition coefficient (Wildman–Crippen LogP) is 4.46. The van der Waals surface area contributed by atoms with E-state index < -0.39 is 0 Å². The van der Waals surface area contributed by atoms with Crippen molar-refractivity contribution < 1.29 is 0 Å². The summed E-state index contributed by atoms with van der Waals surface area (Å²) in [4.78, 5) is 4.57. The summed E-state index contributed by atoms with van der Waals surface area (Å²) in [5.74, 6) is 1.00. The van der Waals surface area contributed by atoms with E-state index >= 15 is 0 Å². The first-order valence-corrected chi connectivity index (χ1v) is 6.84. The molecule has 3 rings (SSSR count). The van der Waals surface area contributed by atoms with E-state index in [0.717, 1.165) is 5.82 Å². The molecule has 2 aromatic carbocycles. The summed E-state index contributed by atoms with van der Waals surface area (Å²) in [6, 6.07) is 14.8. The molecule has 0 aliphatic carbocycles. The van der Waals surface area contributed by atoms with Gasteiger partial charge in [0, 0.05) is 18.0 Å². The molecule has 2 heteroatoms. The first-order chi connectivity index (χ1) is 9.68. The number of aromatic nitrogens is 2. The molecule has 2 nitrogen and oxygen atoms in total. The molecule has 0 fully saturated rings. The van der Waals surface area contributed by atoms with E-state index in [1.54, 1.807) is 0 Å². The summed E-state index contributed by atoms with van der Waals surface area (Å²) in [7, 11) is 0. The van der Waals surface area contributed by atoms with Crippen molar-refractivity contribution in [2.75, 3.05) is 0 Å². The molecule has 20 heavy (non-hydrogen) atoms. The van der Waals surface area contributed by atoms with E-state index in [1.165, 1.54) is 27.9 Å². The lowest BCUT2D eigenvalue weighted by Crippen LogP contribution is -2.02. The summed E-state index contributed by atoms with van der Waals surface area (Å²) >= 11 is 0. The first kappa shape index (κ1) is 12.7. The Kier molecular flexibility index (Phi) is 3.15. The maximum Gasteiger partial charge on any atom is 0.144 e. The molecule has 0 amide bonds. The number of hydrogen-bond acceptors (Lipinski definition) is 1. The fourth-order valence-corrected chi connectivity index (χ4v) is 2.69. The summed E-state index contributed by atoms with van der Waals surface area (Å²) in [5.41, 5.74) is 6.17. The van der Waals surface area contributed by atoms with Crippen LogP contribution in [0.25, 0.3) is 17.1 Å². The molecule has 1 aromatic heterocycles. The van der Waals surface area contributed by atoms with E-state index in [0.29, 0.717) is 0 Å². The smallest absolute Gasteiger partial charge is 0.144 e. The Hall–Kier alpha value is -2.35. The highest BCUT2D eigenvalue weighted by Gasteiger charge is 2.12. The van der Waals surface area contributed by atoms with Gasteiger partial charge in [-0.05, 0) is 37.5 Å². The number of hydrogen-bond donors (Lipinski definition) is 0.